The number of piperidine rings is 1. The van der Waals surface area contributed by atoms with Crippen LogP contribution in [0, 0.1) is 0 Å². The molecule has 4 nitrogen and oxygen atoms in total. The molecular formula is C12H18ClN3O. The van der Waals surface area contributed by atoms with Crippen molar-refractivity contribution in [2.24, 2.45) is 7.05 Å². The predicted octanol–water partition coefficient (Wildman–Crippen LogP) is 2.02. The Kier molecular flexibility index (Phi) is 4.05. The van der Waals surface area contributed by atoms with E-state index in [4.69, 9.17) is 11.6 Å². The first-order chi connectivity index (χ1) is 8.18. The largest absolute Gasteiger partial charge is 0.343 e. The number of carbonyl (C=O) groups is 1. The maximum Gasteiger partial charge on any atom is 0.223 e. The molecule has 0 spiro atoms. The van der Waals surface area contributed by atoms with Gasteiger partial charge in [0.1, 0.15) is 11.0 Å². The highest BCUT2D eigenvalue weighted by Gasteiger charge is 2.17. The third kappa shape index (κ3) is 3.00. The van der Waals surface area contributed by atoms with E-state index in [2.05, 4.69) is 4.98 Å². The Morgan fingerprint density at radius 2 is 2.12 bits per heavy atom. The molecule has 0 atom stereocenters. The van der Waals surface area contributed by atoms with Crippen molar-refractivity contribution in [2.75, 3.05) is 13.1 Å². The van der Waals surface area contributed by atoms with E-state index in [1.165, 1.54) is 6.42 Å². The standard InChI is InChI=1S/C12H18ClN3O/c1-15-10(13)9-14-11(15)5-6-12(17)16-7-3-2-4-8-16/h9H,2-8H2,1H3. The maximum atomic E-state index is 11.9. The van der Waals surface area contributed by atoms with Crippen molar-refractivity contribution in [1.82, 2.24) is 14.5 Å². The number of halogens is 1. The van der Waals surface area contributed by atoms with Gasteiger partial charge in [-0.1, -0.05) is 11.6 Å². The van der Waals surface area contributed by atoms with Crippen LogP contribution < -0.4 is 0 Å². The minimum Gasteiger partial charge on any atom is -0.343 e. The van der Waals surface area contributed by atoms with Gasteiger partial charge in [-0.3, -0.25) is 4.79 Å². The van der Waals surface area contributed by atoms with E-state index in [1.807, 2.05) is 16.5 Å². The van der Waals surface area contributed by atoms with Gasteiger partial charge in [0.05, 0.1) is 6.20 Å². The van der Waals surface area contributed by atoms with Crippen LogP contribution in [0.1, 0.15) is 31.5 Å². The molecule has 1 aliphatic heterocycles. The van der Waals surface area contributed by atoms with E-state index in [0.717, 1.165) is 31.8 Å². The summed E-state index contributed by atoms with van der Waals surface area (Å²) in [5, 5.41) is 0.616. The normalized spacial score (nSPS) is 16.2. The first kappa shape index (κ1) is 12.4. The monoisotopic (exact) mass is 255 g/mol. The second kappa shape index (κ2) is 5.54. The smallest absolute Gasteiger partial charge is 0.223 e. The zero-order valence-electron chi connectivity index (χ0n) is 10.2. The third-order valence-corrected chi connectivity index (χ3v) is 3.65. The van der Waals surface area contributed by atoms with Gasteiger partial charge in [0.2, 0.25) is 5.91 Å². The highest BCUT2D eigenvalue weighted by molar-refractivity contribution is 6.29. The van der Waals surface area contributed by atoms with Crippen molar-refractivity contribution < 1.29 is 4.79 Å². The molecule has 1 amide bonds. The third-order valence-electron chi connectivity index (χ3n) is 3.30. The first-order valence-corrected chi connectivity index (χ1v) is 6.50. The van der Waals surface area contributed by atoms with Gasteiger partial charge in [0.25, 0.3) is 0 Å². The van der Waals surface area contributed by atoms with Crippen LogP contribution in [0.5, 0.6) is 0 Å². The summed E-state index contributed by atoms with van der Waals surface area (Å²) in [5.74, 6) is 1.11. The van der Waals surface area contributed by atoms with E-state index in [-0.39, 0.29) is 5.91 Å². The fraction of sp³-hybridized carbons (Fsp3) is 0.667. The lowest BCUT2D eigenvalue weighted by molar-refractivity contribution is -0.132. The Bertz CT molecular complexity index is 396. The van der Waals surface area contributed by atoms with Crippen molar-refractivity contribution in [1.29, 1.82) is 0 Å². The summed E-state index contributed by atoms with van der Waals surface area (Å²) in [6, 6.07) is 0. The average molecular weight is 256 g/mol. The molecule has 0 N–H and O–H groups in total. The van der Waals surface area contributed by atoms with E-state index < -0.39 is 0 Å². The number of amides is 1. The SMILES string of the molecule is Cn1c(Cl)cnc1CCC(=O)N1CCCCC1. The van der Waals surface area contributed by atoms with Crippen molar-refractivity contribution in [3.8, 4) is 0 Å². The Balaban J connectivity index is 1.85. The van der Waals surface area contributed by atoms with E-state index in [1.54, 1.807) is 6.20 Å². The summed E-state index contributed by atoms with van der Waals surface area (Å²) in [6.07, 6.45) is 6.35. The molecule has 0 bridgehead atoms. The van der Waals surface area contributed by atoms with Crippen LogP contribution in [-0.4, -0.2) is 33.4 Å². The molecule has 0 radical (unpaired) electrons. The Morgan fingerprint density at radius 3 is 2.71 bits per heavy atom. The van der Waals surface area contributed by atoms with Crippen molar-refractivity contribution >= 4 is 17.5 Å². The first-order valence-electron chi connectivity index (χ1n) is 6.12. The van der Waals surface area contributed by atoms with Gasteiger partial charge in [-0.05, 0) is 19.3 Å². The molecule has 2 rings (SSSR count). The van der Waals surface area contributed by atoms with Gasteiger partial charge >= 0.3 is 0 Å². The van der Waals surface area contributed by atoms with Crippen LogP contribution in [0.2, 0.25) is 5.15 Å². The number of aromatic nitrogens is 2. The van der Waals surface area contributed by atoms with Gasteiger partial charge in [-0.15, -0.1) is 0 Å². The topological polar surface area (TPSA) is 38.1 Å². The molecule has 1 fully saturated rings. The molecule has 1 aromatic heterocycles. The summed E-state index contributed by atoms with van der Waals surface area (Å²) in [7, 11) is 1.87. The van der Waals surface area contributed by atoms with Crippen molar-refractivity contribution in [2.45, 2.75) is 32.1 Å². The fourth-order valence-corrected chi connectivity index (χ4v) is 2.32. The number of hydrogen-bond acceptors (Lipinski definition) is 2. The molecule has 1 aliphatic rings. The van der Waals surface area contributed by atoms with Crippen LogP contribution in [0.4, 0.5) is 0 Å². The molecule has 0 aliphatic carbocycles. The highest BCUT2D eigenvalue weighted by Crippen LogP contribution is 2.13. The van der Waals surface area contributed by atoms with E-state index in [0.29, 0.717) is 18.0 Å². The summed E-state index contributed by atoms with van der Waals surface area (Å²) in [5.41, 5.74) is 0. The number of rotatable bonds is 3. The molecule has 0 aromatic carbocycles. The van der Waals surface area contributed by atoms with Crippen LogP contribution in [0.15, 0.2) is 6.20 Å². The van der Waals surface area contributed by atoms with Gasteiger partial charge < -0.3 is 9.47 Å². The van der Waals surface area contributed by atoms with Gasteiger partial charge in [-0.25, -0.2) is 4.98 Å². The summed E-state index contributed by atoms with van der Waals surface area (Å²) in [6.45, 7) is 1.83. The fourth-order valence-electron chi connectivity index (χ4n) is 2.18. The number of likely N-dealkylation sites (tertiary alicyclic amines) is 1. The number of nitrogens with zero attached hydrogens (tertiary/aromatic N) is 3. The molecule has 17 heavy (non-hydrogen) atoms. The average Bonchev–Trinajstić information content (AvgIpc) is 2.68. The Morgan fingerprint density at radius 1 is 1.41 bits per heavy atom. The van der Waals surface area contributed by atoms with Gasteiger partial charge in [0, 0.05) is 33.0 Å². The molecule has 94 valence electrons. The number of carbonyl (C=O) groups excluding carboxylic acids is 1. The molecule has 5 heteroatoms. The molecule has 0 saturated carbocycles. The lowest BCUT2D eigenvalue weighted by Crippen LogP contribution is -2.35. The Labute approximate surface area is 107 Å². The molecule has 1 saturated heterocycles. The zero-order valence-corrected chi connectivity index (χ0v) is 10.9. The lowest BCUT2D eigenvalue weighted by Gasteiger charge is -2.26. The summed E-state index contributed by atoms with van der Waals surface area (Å²) in [4.78, 5) is 18.1. The zero-order chi connectivity index (χ0) is 12.3. The second-order valence-electron chi connectivity index (χ2n) is 4.50. The second-order valence-corrected chi connectivity index (χ2v) is 4.88. The lowest BCUT2D eigenvalue weighted by atomic mass is 10.1. The van der Waals surface area contributed by atoms with Crippen LogP contribution in [-0.2, 0) is 18.3 Å². The van der Waals surface area contributed by atoms with Crippen LogP contribution in [0.3, 0.4) is 0 Å². The summed E-state index contributed by atoms with van der Waals surface area (Å²) < 4.78 is 1.82. The predicted molar refractivity (Wildman–Crippen MR) is 67.0 cm³/mol. The van der Waals surface area contributed by atoms with Gasteiger partial charge in [0.15, 0.2) is 0 Å². The molecular weight excluding hydrogens is 238 g/mol. The van der Waals surface area contributed by atoms with E-state index in [9.17, 15) is 4.79 Å². The minimum absolute atomic E-state index is 0.240. The number of imidazole rings is 1. The Hall–Kier alpha value is -1.03. The highest BCUT2D eigenvalue weighted by atomic mass is 35.5. The van der Waals surface area contributed by atoms with E-state index >= 15 is 0 Å². The molecule has 0 unspecified atom stereocenters. The summed E-state index contributed by atoms with van der Waals surface area (Å²) >= 11 is 5.90. The van der Waals surface area contributed by atoms with Crippen LogP contribution >= 0.6 is 11.6 Å². The number of aryl methyl sites for hydroxylation is 1. The molecule has 1 aromatic rings. The minimum atomic E-state index is 0.240. The maximum absolute atomic E-state index is 11.9. The molecule has 2 heterocycles. The van der Waals surface area contributed by atoms with Gasteiger partial charge in [-0.2, -0.15) is 0 Å². The van der Waals surface area contributed by atoms with Crippen LogP contribution in [0.25, 0.3) is 0 Å². The van der Waals surface area contributed by atoms with Crippen molar-refractivity contribution in [3.05, 3.63) is 17.2 Å². The van der Waals surface area contributed by atoms with Crippen molar-refractivity contribution in [3.63, 3.8) is 0 Å². The number of hydrogen-bond donors (Lipinski definition) is 0. The quantitative estimate of drug-likeness (QED) is 0.829.